The van der Waals surface area contributed by atoms with Crippen molar-refractivity contribution in [1.82, 2.24) is 0 Å². The quantitative estimate of drug-likeness (QED) is 0.460. The maximum atomic E-state index is 12.9. The number of anilines is 1. The van der Waals surface area contributed by atoms with Gasteiger partial charge in [0.25, 0.3) is 5.91 Å². The SMILES string of the molecule is CC(=O)OC[C@H](OC(C)=O)[C@H](OC(C)=O)[C@H](OC(C)=O)C(=O)Nc1cccc(C)c1. The topological polar surface area (TPSA) is 134 Å². The van der Waals surface area contributed by atoms with Crippen LogP contribution in [0.1, 0.15) is 33.3 Å². The number of nitrogens with one attached hydrogen (secondary N) is 1. The van der Waals surface area contributed by atoms with E-state index in [1.807, 2.05) is 13.0 Å². The lowest BCUT2D eigenvalue weighted by atomic mass is 10.1. The summed E-state index contributed by atoms with van der Waals surface area (Å²) in [5.41, 5.74) is 1.27. The first kappa shape index (κ1) is 24.6. The van der Waals surface area contributed by atoms with Crippen LogP contribution in [0.15, 0.2) is 24.3 Å². The third kappa shape index (κ3) is 8.72. The third-order valence-corrected chi connectivity index (χ3v) is 3.57. The number of hydrogen-bond donors (Lipinski definition) is 1. The monoisotopic (exact) mass is 423 g/mol. The Labute approximate surface area is 173 Å². The van der Waals surface area contributed by atoms with E-state index in [1.54, 1.807) is 18.2 Å². The van der Waals surface area contributed by atoms with Gasteiger partial charge in [0.05, 0.1) is 0 Å². The van der Waals surface area contributed by atoms with Crippen molar-refractivity contribution in [2.24, 2.45) is 0 Å². The molecule has 0 aliphatic carbocycles. The Hall–Kier alpha value is -3.43. The number of carbonyl (C=O) groups is 5. The van der Waals surface area contributed by atoms with Crippen LogP contribution < -0.4 is 5.32 Å². The molecule has 0 unspecified atom stereocenters. The number of benzene rings is 1. The smallest absolute Gasteiger partial charge is 0.303 e. The van der Waals surface area contributed by atoms with E-state index < -0.39 is 54.7 Å². The average Bonchev–Trinajstić information content (AvgIpc) is 2.60. The molecule has 1 N–H and O–H groups in total. The zero-order valence-electron chi connectivity index (χ0n) is 17.4. The molecule has 1 aromatic rings. The highest BCUT2D eigenvalue weighted by Crippen LogP contribution is 2.18. The minimum absolute atomic E-state index is 0.405. The van der Waals surface area contributed by atoms with Crippen molar-refractivity contribution in [2.75, 3.05) is 11.9 Å². The number of amides is 1. The van der Waals surface area contributed by atoms with E-state index >= 15 is 0 Å². The van der Waals surface area contributed by atoms with Crippen LogP contribution >= 0.6 is 0 Å². The summed E-state index contributed by atoms with van der Waals surface area (Å²) < 4.78 is 20.2. The van der Waals surface area contributed by atoms with Crippen molar-refractivity contribution in [1.29, 1.82) is 0 Å². The van der Waals surface area contributed by atoms with Crippen LogP contribution in [0.3, 0.4) is 0 Å². The first-order valence-electron chi connectivity index (χ1n) is 9.02. The fourth-order valence-electron chi connectivity index (χ4n) is 2.52. The highest BCUT2D eigenvalue weighted by Gasteiger charge is 2.42. The maximum absolute atomic E-state index is 12.9. The van der Waals surface area contributed by atoms with Crippen molar-refractivity contribution in [2.45, 2.75) is 52.9 Å². The van der Waals surface area contributed by atoms with E-state index in [2.05, 4.69) is 5.32 Å². The molecule has 0 heterocycles. The second-order valence-corrected chi connectivity index (χ2v) is 6.41. The van der Waals surface area contributed by atoms with E-state index in [1.165, 1.54) is 0 Å². The summed E-state index contributed by atoms with van der Waals surface area (Å²) in [5.74, 6) is -3.99. The van der Waals surface area contributed by atoms with Crippen LogP contribution in [0, 0.1) is 6.92 Å². The van der Waals surface area contributed by atoms with Gasteiger partial charge in [-0.25, -0.2) is 0 Å². The van der Waals surface area contributed by atoms with Gasteiger partial charge in [-0.15, -0.1) is 0 Å². The molecule has 164 valence electrons. The van der Waals surface area contributed by atoms with Crippen molar-refractivity contribution >= 4 is 35.5 Å². The molecule has 0 saturated carbocycles. The molecule has 0 saturated heterocycles. The van der Waals surface area contributed by atoms with Crippen LogP contribution in [0.2, 0.25) is 0 Å². The Bertz CT molecular complexity index is 805. The van der Waals surface area contributed by atoms with Crippen molar-refractivity contribution in [3.05, 3.63) is 29.8 Å². The van der Waals surface area contributed by atoms with Gasteiger partial charge in [-0.1, -0.05) is 12.1 Å². The number of carbonyl (C=O) groups excluding carboxylic acids is 5. The summed E-state index contributed by atoms with van der Waals surface area (Å²) in [6.45, 7) is 5.62. The van der Waals surface area contributed by atoms with Gasteiger partial charge in [0.15, 0.2) is 12.2 Å². The molecular formula is C20H25NO9. The summed E-state index contributed by atoms with van der Waals surface area (Å²) in [5, 5.41) is 2.56. The average molecular weight is 423 g/mol. The Morgan fingerprint density at radius 1 is 0.867 bits per heavy atom. The zero-order valence-corrected chi connectivity index (χ0v) is 17.4. The zero-order chi connectivity index (χ0) is 22.8. The van der Waals surface area contributed by atoms with Gasteiger partial charge in [-0.05, 0) is 24.6 Å². The van der Waals surface area contributed by atoms with E-state index in [9.17, 15) is 24.0 Å². The standard InChI is InChI=1S/C20H25NO9/c1-11-7-6-8-16(9-11)21-20(26)19(30-15(5)25)18(29-14(4)24)17(28-13(3)23)10-27-12(2)22/h6-9,17-19H,10H2,1-5H3,(H,21,26)/t17-,18-,19-/m0/s1. The molecule has 0 aliphatic rings. The molecule has 0 spiro atoms. The lowest BCUT2D eigenvalue weighted by Gasteiger charge is -2.30. The molecule has 10 nitrogen and oxygen atoms in total. The lowest BCUT2D eigenvalue weighted by molar-refractivity contribution is -0.190. The Morgan fingerprint density at radius 2 is 1.47 bits per heavy atom. The fourth-order valence-corrected chi connectivity index (χ4v) is 2.52. The molecule has 0 radical (unpaired) electrons. The van der Waals surface area contributed by atoms with E-state index in [0.717, 1.165) is 33.3 Å². The van der Waals surface area contributed by atoms with Crippen LogP contribution in [-0.4, -0.2) is 54.7 Å². The van der Waals surface area contributed by atoms with Gasteiger partial charge < -0.3 is 24.3 Å². The van der Waals surface area contributed by atoms with Crippen molar-refractivity contribution in [3.63, 3.8) is 0 Å². The van der Waals surface area contributed by atoms with E-state index in [0.29, 0.717) is 5.69 Å². The van der Waals surface area contributed by atoms with Crippen LogP contribution in [-0.2, 0) is 42.9 Å². The van der Waals surface area contributed by atoms with E-state index in [-0.39, 0.29) is 0 Å². The Morgan fingerprint density at radius 3 is 1.97 bits per heavy atom. The van der Waals surface area contributed by atoms with Gasteiger partial charge in [0, 0.05) is 33.4 Å². The van der Waals surface area contributed by atoms with Crippen LogP contribution in [0.4, 0.5) is 5.69 Å². The summed E-state index contributed by atoms with van der Waals surface area (Å²) in [7, 11) is 0. The number of aryl methyl sites for hydroxylation is 1. The predicted octanol–water partition coefficient (Wildman–Crippen LogP) is 1.29. The summed E-state index contributed by atoms with van der Waals surface area (Å²) in [6.07, 6.45) is -4.66. The summed E-state index contributed by atoms with van der Waals surface area (Å²) in [4.78, 5) is 58.9. The molecule has 1 rings (SSSR count). The Balaban J connectivity index is 3.27. The van der Waals surface area contributed by atoms with Gasteiger partial charge in [0.2, 0.25) is 6.10 Å². The first-order chi connectivity index (χ1) is 14.0. The normalized spacial score (nSPS) is 13.2. The van der Waals surface area contributed by atoms with Crippen LogP contribution in [0.5, 0.6) is 0 Å². The largest absolute Gasteiger partial charge is 0.462 e. The molecule has 0 aromatic heterocycles. The van der Waals surface area contributed by atoms with E-state index in [4.69, 9.17) is 18.9 Å². The maximum Gasteiger partial charge on any atom is 0.303 e. The number of rotatable bonds is 9. The minimum atomic E-state index is -1.69. The van der Waals surface area contributed by atoms with Gasteiger partial charge >= 0.3 is 23.9 Å². The first-order valence-corrected chi connectivity index (χ1v) is 9.02. The molecule has 1 amide bonds. The Kier molecular flexibility index (Phi) is 9.47. The second kappa shape index (κ2) is 11.5. The minimum Gasteiger partial charge on any atom is -0.462 e. The molecule has 0 aliphatic heterocycles. The molecule has 30 heavy (non-hydrogen) atoms. The van der Waals surface area contributed by atoms with Crippen LogP contribution in [0.25, 0.3) is 0 Å². The van der Waals surface area contributed by atoms with Crippen molar-refractivity contribution in [3.8, 4) is 0 Å². The molecular weight excluding hydrogens is 398 g/mol. The predicted molar refractivity (Wildman–Crippen MR) is 103 cm³/mol. The van der Waals surface area contributed by atoms with Gasteiger partial charge in [-0.2, -0.15) is 0 Å². The molecule has 1 aromatic carbocycles. The summed E-state index contributed by atoms with van der Waals surface area (Å²) in [6, 6.07) is 6.80. The molecule has 0 bridgehead atoms. The lowest BCUT2D eigenvalue weighted by Crippen LogP contribution is -2.52. The third-order valence-electron chi connectivity index (χ3n) is 3.57. The highest BCUT2D eigenvalue weighted by molar-refractivity contribution is 5.96. The number of esters is 4. The molecule has 10 heteroatoms. The fraction of sp³-hybridized carbons (Fsp3) is 0.450. The molecule has 3 atom stereocenters. The number of ether oxygens (including phenoxy) is 4. The highest BCUT2D eigenvalue weighted by atomic mass is 16.6. The van der Waals surface area contributed by atoms with Gasteiger partial charge in [0.1, 0.15) is 6.61 Å². The number of hydrogen-bond acceptors (Lipinski definition) is 9. The van der Waals surface area contributed by atoms with Crippen molar-refractivity contribution < 1.29 is 42.9 Å². The molecule has 0 fully saturated rings. The second-order valence-electron chi connectivity index (χ2n) is 6.41. The van der Waals surface area contributed by atoms with Gasteiger partial charge in [-0.3, -0.25) is 24.0 Å². The summed E-state index contributed by atoms with van der Waals surface area (Å²) >= 11 is 0.